The molecule has 0 unspecified atom stereocenters. The summed E-state index contributed by atoms with van der Waals surface area (Å²) in [7, 11) is 0. The Morgan fingerprint density at radius 2 is 0.712 bits per heavy atom. The average Bonchev–Trinajstić information content (AvgIpc) is 3.73. The van der Waals surface area contributed by atoms with Crippen LogP contribution in [-0.4, -0.2) is 0 Å². The summed E-state index contributed by atoms with van der Waals surface area (Å²) in [4.78, 5) is 4.83. The summed E-state index contributed by atoms with van der Waals surface area (Å²) in [6, 6.07) is 80.4. The highest BCUT2D eigenvalue weighted by atomic mass is 15.1. The zero-order valence-corrected chi connectivity index (χ0v) is 37.8. The second-order valence-electron chi connectivity index (χ2n) is 19.0. The summed E-state index contributed by atoms with van der Waals surface area (Å²) in [5.41, 5.74) is 19.8. The summed E-state index contributed by atoms with van der Waals surface area (Å²) in [6.45, 7) is 9.45. The quantitative estimate of drug-likeness (QED) is 0.111. The molecule has 0 saturated heterocycles. The number of benzene rings is 10. The smallest absolute Gasteiger partial charge is 0.0546 e. The van der Waals surface area contributed by atoms with E-state index in [1.807, 2.05) is 0 Å². The average molecular weight is 847 g/mol. The van der Waals surface area contributed by atoms with Gasteiger partial charge in [0, 0.05) is 44.7 Å². The molecule has 66 heavy (non-hydrogen) atoms. The lowest BCUT2D eigenvalue weighted by Crippen LogP contribution is -2.18. The van der Waals surface area contributed by atoms with Gasteiger partial charge in [-0.2, -0.15) is 0 Å². The third kappa shape index (κ3) is 6.39. The first-order chi connectivity index (χ1) is 32.2. The monoisotopic (exact) mass is 846 g/mol. The minimum atomic E-state index is -0.104. The number of rotatable bonds is 8. The number of anilines is 6. The minimum Gasteiger partial charge on any atom is -0.310 e. The number of hydrogen-bond donors (Lipinski definition) is 0. The van der Waals surface area contributed by atoms with Crippen molar-refractivity contribution in [3.05, 3.63) is 252 Å². The van der Waals surface area contributed by atoms with Crippen LogP contribution in [0.5, 0.6) is 0 Å². The van der Waals surface area contributed by atoms with E-state index in [1.165, 1.54) is 66.1 Å². The van der Waals surface area contributed by atoms with Crippen molar-refractivity contribution in [3.63, 3.8) is 0 Å². The van der Waals surface area contributed by atoms with E-state index in [0.717, 1.165) is 45.3 Å². The molecule has 0 N–H and O–H groups in total. The Morgan fingerprint density at radius 1 is 0.303 bits per heavy atom. The lowest BCUT2D eigenvalue weighted by atomic mass is 9.82. The highest BCUT2D eigenvalue weighted by Gasteiger charge is 2.37. The maximum Gasteiger partial charge on any atom is 0.0546 e. The first-order valence-corrected chi connectivity index (χ1v) is 23.2. The number of fused-ring (bicyclic) bond motifs is 9. The van der Waals surface area contributed by atoms with Crippen molar-refractivity contribution >= 4 is 67.8 Å². The Hall–Kier alpha value is -7.94. The van der Waals surface area contributed by atoms with Gasteiger partial charge in [-0.25, -0.2) is 0 Å². The molecule has 2 nitrogen and oxygen atoms in total. The molecule has 0 aromatic heterocycles. The highest BCUT2D eigenvalue weighted by molar-refractivity contribution is 6.14. The molecule has 0 radical (unpaired) electrons. The highest BCUT2D eigenvalue weighted by Crippen LogP contribution is 2.53. The Morgan fingerprint density at radius 3 is 1.27 bits per heavy atom. The topological polar surface area (TPSA) is 6.48 Å². The van der Waals surface area contributed by atoms with Gasteiger partial charge in [0.15, 0.2) is 0 Å². The maximum absolute atomic E-state index is 2.45. The molecule has 10 aromatic carbocycles. The van der Waals surface area contributed by atoms with Crippen LogP contribution in [0, 0.1) is 0 Å². The normalized spacial score (nSPS) is 13.9. The first kappa shape index (κ1) is 39.6. The van der Waals surface area contributed by atoms with E-state index in [9.17, 15) is 0 Å². The van der Waals surface area contributed by atoms with Crippen LogP contribution in [0.25, 0.3) is 56.0 Å². The van der Waals surface area contributed by atoms with Gasteiger partial charge in [-0.15, -0.1) is 0 Å². The van der Waals surface area contributed by atoms with Crippen LogP contribution in [0.1, 0.15) is 61.1 Å². The number of hydrogen-bond acceptors (Lipinski definition) is 2. The predicted octanol–water partition coefficient (Wildman–Crippen LogP) is 17.7. The fourth-order valence-electron chi connectivity index (χ4n) is 11.0. The van der Waals surface area contributed by atoms with Crippen LogP contribution < -0.4 is 9.80 Å². The molecule has 0 fully saturated rings. The molecule has 316 valence electrons. The molecule has 0 heterocycles. The molecule has 10 aromatic rings. The summed E-state index contributed by atoms with van der Waals surface area (Å²) in [5.74, 6) is 0. The van der Waals surface area contributed by atoms with Gasteiger partial charge in [-0.1, -0.05) is 192 Å². The van der Waals surface area contributed by atoms with Gasteiger partial charge in [-0.3, -0.25) is 0 Å². The van der Waals surface area contributed by atoms with Crippen molar-refractivity contribution < 1.29 is 0 Å². The van der Waals surface area contributed by atoms with Crippen molar-refractivity contribution in [2.45, 2.75) is 38.5 Å². The van der Waals surface area contributed by atoms with Crippen molar-refractivity contribution in [2.24, 2.45) is 0 Å². The maximum atomic E-state index is 2.45. The van der Waals surface area contributed by atoms with E-state index >= 15 is 0 Å². The lowest BCUT2D eigenvalue weighted by Gasteiger charge is -2.29. The third-order valence-electron chi connectivity index (χ3n) is 14.4. The van der Waals surface area contributed by atoms with Crippen LogP contribution in [0.15, 0.2) is 218 Å². The summed E-state index contributed by atoms with van der Waals surface area (Å²) < 4.78 is 0. The molecular formula is C64H50N2. The lowest BCUT2D eigenvalue weighted by molar-refractivity contribution is 0.660. The van der Waals surface area contributed by atoms with Crippen molar-refractivity contribution in [1.82, 2.24) is 0 Å². The van der Waals surface area contributed by atoms with E-state index < -0.39 is 0 Å². The molecule has 2 heteroatoms. The zero-order valence-electron chi connectivity index (χ0n) is 37.8. The second-order valence-corrected chi connectivity index (χ2v) is 19.0. The molecular weight excluding hydrogens is 797 g/mol. The SMILES string of the molecule is CC1(C)c2ccccc2-c2ccc(N(c3ccc(C=Cc4ccc(N(c5ccccc5)c5cc6ccccc6c6ccccc56)cc4)cc3)c3ccc4c(c3)C(C)(C)c3ccccc3-4)cc21. The second kappa shape index (κ2) is 15.4. The fraction of sp³-hybridized carbons (Fsp3) is 0.0938. The Balaban J connectivity index is 0.885. The van der Waals surface area contributed by atoms with Gasteiger partial charge < -0.3 is 9.80 Å². The van der Waals surface area contributed by atoms with Crippen molar-refractivity contribution in [2.75, 3.05) is 9.80 Å². The van der Waals surface area contributed by atoms with Gasteiger partial charge in [-0.05, 0) is 139 Å². The molecule has 0 spiro atoms. The van der Waals surface area contributed by atoms with E-state index in [-0.39, 0.29) is 10.8 Å². The largest absolute Gasteiger partial charge is 0.310 e. The summed E-state index contributed by atoms with van der Waals surface area (Å²) in [6.07, 6.45) is 4.44. The van der Waals surface area contributed by atoms with E-state index in [0.29, 0.717) is 0 Å². The number of nitrogens with zero attached hydrogens (tertiary/aromatic N) is 2. The van der Waals surface area contributed by atoms with Gasteiger partial charge in [0.2, 0.25) is 0 Å². The van der Waals surface area contributed by atoms with Crippen LogP contribution in [0.2, 0.25) is 0 Å². The van der Waals surface area contributed by atoms with Gasteiger partial charge in [0.1, 0.15) is 0 Å². The fourth-order valence-corrected chi connectivity index (χ4v) is 11.0. The Labute approximate surface area is 388 Å². The van der Waals surface area contributed by atoms with Crippen LogP contribution in [0.4, 0.5) is 34.1 Å². The van der Waals surface area contributed by atoms with Gasteiger partial charge >= 0.3 is 0 Å². The summed E-state index contributed by atoms with van der Waals surface area (Å²) in [5, 5.41) is 4.97. The van der Waals surface area contributed by atoms with Gasteiger partial charge in [0.05, 0.1) is 5.69 Å². The molecule has 0 atom stereocenters. The predicted molar refractivity (Wildman–Crippen MR) is 281 cm³/mol. The van der Waals surface area contributed by atoms with Gasteiger partial charge in [0.25, 0.3) is 0 Å². The van der Waals surface area contributed by atoms with E-state index in [2.05, 4.69) is 268 Å². The standard InChI is InChI=1S/C64H50N2/c1-63(2)58-24-14-12-21-53(58)55-38-36-49(41-60(55)63)65(50-37-39-56-54-22-13-15-25-59(54)64(3,4)61(56)42-50)47-32-28-43(29-33-47)26-27-44-30-34-48(35-31-44)66(46-17-6-5-7-18-46)62-40-45-16-8-9-19-51(45)52-20-10-11-23-57(52)62/h5-42H,1-4H3. The Bertz CT molecular complexity index is 3410. The first-order valence-electron chi connectivity index (χ1n) is 23.2. The molecule has 12 rings (SSSR count). The van der Waals surface area contributed by atoms with Crippen molar-refractivity contribution in [1.29, 1.82) is 0 Å². The molecule has 2 aliphatic carbocycles. The van der Waals surface area contributed by atoms with Crippen LogP contribution in [-0.2, 0) is 10.8 Å². The molecule has 0 bridgehead atoms. The van der Waals surface area contributed by atoms with E-state index in [1.54, 1.807) is 0 Å². The molecule has 0 amide bonds. The minimum absolute atomic E-state index is 0.104. The zero-order chi connectivity index (χ0) is 44.6. The summed E-state index contributed by atoms with van der Waals surface area (Å²) >= 11 is 0. The number of para-hydroxylation sites is 1. The molecule has 2 aliphatic rings. The Kier molecular flexibility index (Phi) is 9.22. The van der Waals surface area contributed by atoms with E-state index in [4.69, 9.17) is 0 Å². The molecule has 0 saturated carbocycles. The van der Waals surface area contributed by atoms with Crippen LogP contribution >= 0.6 is 0 Å². The van der Waals surface area contributed by atoms with Crippen molar-refractivity contribution in [3.8, 4) is 22.3 Å². The molecule has 0 aliphatic heterocycles. The third-order valence-corrected chi connectivity index (χ3v) is 14.4. The van der Waals surface area contributed by atoms with Crippen LogP contribution in [0.3, 0.4) is 0 Å².